The summed E-state index contributed by atoms with van der Waals surface area (Å²) in [4.78, 5) is 66.0. The zero-order valence-corrected chi connectivity index (χ0v) is 33.8. The van der Waals surface area contributed by atoms with Gasteiger partial charge in [0.05, 0.1) is 45.0 Å². The van der Waals surface area contributed by atoms with Crippen molar-refractivity contribution in [2.24, 2.45) is 17.4 Å². The molecule has 1 aliphatic heterocycles. The molecule has 1 aromatic carbocycles. The molecule has 5 aromatic heterocycles. The van der Waals surface area contributed by atoms with Crippen LogP contribution in [0, 0.1) is 19.8 Å². The number of imidazole rings is 2. The summed E-state index contributed by atoms with van der Waals surface area (Å²) in [5.41, 5.74) is 28.5. The second-order valence-corrected chi connectivity index (χ2v) is 14.4. The second-order valence-electron chi connectivity index (χ2n) is 14.4. The molecule has 0 unspecified atom stereocenters. The lowest BCUT2D eigenvalue weighted by Gasteiger charge is -2.23. The Hall–Kier alpha value is -7.29. The normalized spacial score (nSPS) is 13.4. The van der Waals surface area contributed by atoms with E-state index in [9.17, 15) is 19.2 Å². The Morgan fingerprint density at radius 2 is 1.32 bits per heavy atom. The average molecular weight is 821 g/mol. The van der Waals surface area contributed by atoms with Gasteiger partial charge in [-0.2, -0.15) is 10.2 Å². The first-order chi connectivity index (χ1) is 28.8. The van der Waals surface area contributed by atoms with E-state index in [1.165, 1.54) is 21.6 Å². The van der Waals surface area contributed by atoms with Crippen molar-refractivity contribution in [2.75, 3.05) is 47.2 Å². The first-order valence-corrected chi connectivity index (χ1v) is 19.5. The topological polar surface area (TPSA) is 302 Å². The average Bonchev–Trinajstić information content (AvgIpc) is 3.94. The van der Waals surface area contributed by atoms with Crippen LogP contribution >= 0.6 is 0 Å². The van der Waals surface area contributed by atoms with Crippen molar-refractivity contribution in [3.63, 3.8) is 0 Å². The fraction of sp³-hybridized carbons (Fsp3) is 0.359. The summed E-state index contributed by atoms with van der Waals surface area (Å²) in [6, 6.07) is 4.76. The van der Waals surface area contributed by atoms with Crippen LogP contribution in [-0.2, 0) is 30.9 Å². The van der Waals surface area contributed by atoms with Gasteiger partial charge < -0.3 is 37.6 Å². The minimum Gasteiger partial charge on any atom is -0.395 e. The van der Waals surface area contributed by atoms with E-state index in [0.717, 1.165) is 12.8 Å². The predicted molar refractivity (Wildman–Crippen MR) is 225 cm³/mol. The molecule has 0 atom stereocenters. The maximum atomic E-state index is 13.9. The number of ether oxygens (including phenoxy) is 1. The van der Waals surface area contributed by atoms with Crippen LogP contribution in [0.25, 0.3) is 22.2 Å². The minimum absolute atomic E-state index is 0.134. The number of carbonyl (C=O) groups excluding carboxylic acids is 4. The van der Waals surface area contributed by atoms with Crippen LogP contribution in [0.15, 0.2) is 36.5 Å². The highest BCUT2D eigenvalue weighted by atomic mass is 16.5. The van der Waals surface area contributed by atoms with E-state index in [2.05, 4.69) is 36.1 Å². The molecular formula is C39H48N16O5. The molecule has 0 aliphatic carbocycles. The van der Waals surface area contributed by atoms with Gasteiger partial charge in [-0.3, -0.25) is 43.7 Å². The largest absolute Gasteiger partial charge is 0.395 e. The van der Waals surface area contributed by atoms with Crippen molar-refractivity contribution in [3.05, 3.63) is 70.5 Å². The van der Waals surface area contributed by atoms with Gasteiger partial charge in [0.1, 0.15) is 16.9 Å². The van der Waals surface area contributed by atoms with Crippen LogP contribution < -0.4 is 38.9 Å². The highest BCUT2D eigenvalue weighted by molar-refractivity contribution is 6.08. The van der Waals surface area contributed by atoms with Gasteiger partial charge in [-0.05, 0) is 64.7 Å². The van der Waals surface area contributed by atoms with E-state index in [1.807, 2.05) is 26.0 Å². The molecule has 7 rings (SSSR count). The molecular weight excluding hydrogens is 773 g/mol. The number of anilines is 5. The number of nitrogens with two attached hydrogens (primary N) is 4. The maximum absolute atomic E-state index is 13.9. The third-order valence-corrected chi connectivity index (χ3v) is 10.5. The smallest absolute Gasteiger partial charge is 0.278 e. The number of rotatable bonds is 15. The fourth-order valence-electron chi connectivity index (χ4n) is 7.25. The van der Waals surface area contributed by atoms with E-state index in [0.29, 0.717) is 78.0 Å². The summed E-state index contributed by atoms with van der Waals surface area (Å²) in [6.45, 7) is 10.2. The molecule has 21 nitrogen and oxygen atoms in total. The van der Waals surface area contributed by atoms with Crippen LogP contribution in [-0.4, -0.2) is 87.0 Å². The van der Waals surface area contributed by atoms with Crippen molar-refractivity contribution in [2.45, 2.75) is 66.7 Å². The Morgan fingerprint density at radius 3 is 1.88 bits per heavy atom. The van der Waals surface area contributed by atoms with Gasteiger partial charge in [0.25, 0.3) is 11.8 Å². The lowest BCUT2D eigenvalue weighted by molar-refractivity contribution is 0.0699. The molecule has 1 fully saturated rings. The van der Waals surface area contributed by atoms with Crippen LogP contribution in [0.5, 0.6) is 0 Å². The monoisotopic (exact) mass is 820 g/mol. The molecule has 0 saturated carbocycles. The van der Waals surface area contributed by atoms with Gasteiger partial charge in [0.2, 0.25) is 23.7 Å². The molecule has 11 N–H and O–H groups in total. The Labute approximate surface area is 343 Å². The number of primary amides is 2. The molecule has 6 heterocycles. The highest BCUT2D eigenvalue weighted by Gasteiger charge is 2.25. The number of fused-ring (bicyclic) bond motifs is 2. The standard InChI is InChI=1S/C39H48N16O5/c1-5-54-31(28(40)20(3)50-54)36(58)48-38-46-26-16-23(33(42)56)15-25(44-18-22-9-13-60-14-10-22)30(26)52(38)11-7-8-12-53-35-27(17-24(19-45-35)34(43)57)47-39(53)49-37(59)32-29(41)21(4)51-55(32)6-2/h7-8,15-17,19,22,44H,5-6,9-14,18,40-41H2,1-4H3,(H2,42,56)(H2,43,57)(H,46,48,58)(H,47,49,59)/b8-7+. The molecule has 0 spiro atoms. The van der Waals surface area contributed by atoms with E-state index >= 15 is 0 Å². The third kappa shape index (κ3) is 7.93. The van der Waals surface area contributed by atoms with Crippen molar-refractivity contribution < 1.29 is 23.9 Å². The zero-order chi connectivity index (χ0) is 42.8. The van der Waals surface area contributed by atoms with Crippen molar-refractivity contribution in [1.29, 1.82) is 0 Å². The number of nitrogen functional groups attached to an aromatic ring is 2. The summed E-state index contributed by atoms with van der Waals surface area (Å²) in [6.07, 6.45) is 6.76. The SMILES string of the molecule is CCn1nc(C)c(N)c1C(=O)Nc1nc2cc(C(N)=O)cnc2n1C/C=C/Cn1c(NC(=O)c2c(N)c(C)nn2CC)nc2cc(C(N)=O)cc(NCC3CCOCC3)c21. The quantitative estimate of drug-likeness (QED) is 0.0734. The molecule has 21 heteroatoms. The third-order valence-electron chi connectivity index (χ3n) is 10.5. The number of hydrogen-bond donors (Lipinski definition) is 7. The minimum atomic E-state index is -0.684. The summed E-state index contributed by atoms with van der Waals surface area (Å²) in [7, 11) is 0. The number of nitrogens with one attached hydrogen (secondary N) is 3. The lowest BCUT2D eigenvalue weighted by atomic mass is 10.0. The number of hydrogen-bond acceptors (Lipinski definition) is 13. The summed E-state index contributed by atoms with van der Waals surface area (Å²) >= 11 is 0. The van der Waals surface area contributed by atoms with Gasteiger partial charge in [-0.25, -0.2) is 15.0 Å². The van der Waals surface area contributed by atoms with Crippen molar-refractivity contribution >= 4 is 74.8 Å². The predicted octanol–water partition coefficient (Wildman–Crippen LogP) is 2.79. The Kier molecular flexibility index (Phi) is 11.5. The highest BCUT2D eigenvalue weighted by Crippen LogP contribution is 2.31. The molecule has 0 bridgehead atoms. The molecule has 0 radical (unpaired) electrons. The second kappa shape index (κ2) is 16.9. The Bertz CT molecular complexity index is 2680. The first-order valence-electron chi connectivity index (χ1n) is 19.5. The number of carbonyl (C=O) groups is 4. The van der Waals surface area contributed by atoms with Crippen LogP contribution in [0.1, 0.15) is 79.8 Å². The summed E-state index contributed by atoms with van der Waals surface area (Å²) < 4.78 is 12.1. The van der Waals surface area contributed by atoms with E-state index < -0.39 is 23.6 Å². The first kappa shape index (κ1) is 40.9. The number of pyridine rings is 1. The number of benzene rings is 1. The van der Waals surface area contributed by atoms with Crippen LogP contribution in [0.4, 0.5) is 29.0 Å². The lowest BCUT2D eigenvalue weighted by Crippen LogP contribution is -2.23. The number of aryl methyl sites for hydroxylation is 4. The van der Waals surface area contributed by atoms with E-state index in [1.54, 1.807) is 35.1 Å². The number of amides is 4. The number of nitrogens with zero attached hydrogens (tertiary/aromatic N) is 9. The van der Waals surface area contributed by atoms with Gasteiger partial charge in [-0.1, -0.05) is 12.2 Å². The Balaban J connectivity index is 1.26. The Morgan fingerprint density at radius 1 is 0.783 bits per heavy atom. The molecule has 4 amide bonds. The van der Waals surface area contributed by atoms with Crippen molar-refractivity contribution in [1.82, 2.24) is 43.6 Å². The maximum Gasteiger partial charge on any atom is 0.278 e. The summed E-state index contributed by atoms with van der Waals surface area (Å²) in [5, 5.41) is 18.0. The van der Waals surface area contributed by atoms with Gasteiger partial charge in [0.15, 0.2) is 5.65 Å². The zero-order valence-electron chi connectivity index (χ0n) is 33.8. The number of allylic oxidation sites excluding steroid dienone is 2. The van der Waals surface area contributed by atoms with Crippen molar-refractivity contribution in [3.8, 4) is 0 Å². The molecule has 1 saturated heterocycles. The van der Waals surface area contributed by atoms with Gasteiger partial charge in [-0.15, -0.1) is 0 Å². The number of aromatic nitrogens is 9. The molecule has 314 valence electrons. The molecule has 6 aromatic rings. The van der Waals surface area contributed by atoms with Gasteiger partial charge in [0, 0.05) is 57.7 Å². The fourth-order valence-corrected chi connectivity index (χ4v) is 7.25. The molecule has 60 heavy (non-hydrogen) atoms. The van der Waals surface area contributed by atoms with Gasteiger partial charge >= 0.3 is 0 Å². The van der Waals surface area contributed by atoms with E-state index in [4.69, 9.17) is 32.7 Å². The summed E-state index contributed by atoms with van der Waals surface area (Å²) in [5.74, 6) is -1.73. The van der Waals surface area contributed by atoms with Crippen LogP contribution in [0.2, 0.25) is 0 Å². The van der Waals surface area contributed by atoms with E-state index in [-0.39, 0.29) is 58.9 Å². The van der Waals surface area contributed by atoms with Crippen LogP contribution in [0.3, 0.4) is 0 Å². The molecule has 1 aliphatic rings.